The molecule has 0 radical (unpaired) electrons. The molecule has 2 aromatic carbocycles. The average Bonchev–Trinajstić information content (AvgIpc) is 3.02. The Balaban J connectivity index is 1.84. The number of amides is 1. The summed E-state index contributed by atoms with van der Waals surface area (Å²) in [5.41, 5.74) is 1.96. The smallest absolute Gasteiger partial charge is 0.361 e. The van der Waals surface area contributed by atoms with Crippen LogP contribution in [-0.2, 0) is 17.5 Å². The molecule has 0 unspecified atom stereocenters. The Morgan fingerprint density at radius 2 is 1.72 bits per heavy atom. The molecule has 1 heterocycles. The highest BCUT2D eigenvalue weighted by Gasteiger charge is 2.29. The molecule has 0 N–H and O–H groups in total. The first kappa shape index (κ1) is 20.4. The van der Waals surface area contributed by atoms with Crippen LogP contribution in [0.4, 0.5) is 18.9 Å². The summed E-state index contributed by atoms with van der Waals surface area (Å²) in [6.07, 6.45) is -1.56. The zero-order valence-corrected chi connectivity index (χ0v) is 15.9. The van der Waals surface area contributed by atoms with Crippen LogP contribution >= 0.6 is 0 Å². The summed E-state index contributed by atoms with van der Waals surface area (Å²) < 4.78 is 43.2. The molecule has 7 heteroatoms. The van der Waals surface area contributed by atoms with Gasteiger partial charge < -0.3 is 9.42 Å². The third-order valence-corrected chi connectivity index (χ3v) is 4.49. The summed E-state index contributed by atoms with van der Waals surface area (Å²) in [7, 11) is 0. The second-order valence-electron chi connectivity index (χ2n) is 6.52. The van der Waals surface area contributed by atoms with Crippen LogP contribution in [0.2, 0.25) is 0 Å². The van der Waals surface area contributed by atoms with Crippen molar-refractivity contribution < 1.29 is 22.5 Å². The van der Waals surface area contributed by atoms with Crippen molar-refractivity contribution in [3.8, 4) is 0 Å². The van der Waals surface area contributed by atoms with E-state index in [0.29, 0.717) is 22.7 Å². The summed E-state index contributed by atoms with van der Waals surface area (Å²) in [5.74, 6) is 0.319. The molecule has 0 aliphatic carbocycles. The molecule has 150 valence electrons. The summed E-state index contributed by atoms with van der Waals surface area (Å²) in [5, 5.41) is 3.92. The van der Waals surface area contributed by atoms with Crippen LogP contribution in [-0.4, -0.2) is 11.1 Å². The molecule has 0 spiro atoms. The van der Waals surface area contributed by atoms with Crippen LogP contribution in [0.5, 0.6) is 0 Å². The molecule has 4 nitrogen and oxygen atoms in total. The largest absolute Gasteiger partial charge is 0.416 e. The van der Waals surface area contributed by atoms with Crippen LogP contribution in [0.15, 0.2) is 65.2 Å². The maximum absolute atomic E-state index is 12.9. The number of halogens is 3. The van der Waals surface area contributed by atoms with E-state index in [1.807, 2.05) is 30.3 Å². The van der Waals surface area contributed by atoms with Crippen LogP contribution in [0, 0.1) is 13.8 Å². The Morgan fingerprint density at radius 1 is 1.07 bits per heavy atom. The van der Waals surface area contributed by atoms with Crippen molar-refractivity contribution in [3.63, 3.8) is 0 Å². The fraction of sp³-hybridized carbons (Fsp3) is 0.182. The van der Waals surface area contributed by atoms with Gasteiger partial charge in [0.2, 0.25) is 0 Å². The number of anilines is 1. The molecule has 0 bridgehead atoms. The van der Waals surface area contributed by atoms with E-state index in [0.717, 1.165) is 17.7 Å². The molecular weight excluding hydrogens is 381 g/mol. The lowest BCUT2D eigenvalue weighted by atomic mass is 10.1. The van der Waals surface area contributed by atoms with E-state index in [2.05, 4.69) is 5.16 Å². The first-order chi connectivity index (χ1) is 13.8. The molecule has 3 aromatic rings. The fourth-order valence-corrected chi connectivity index (χ4v) is 2.83. The molecular formula is C22H19F3N2O2. The number of benzene rings is 2. The number of para-hydroxylation sites is 1. The second-order valence-corrected chi connectivity index (χ2v) is 6.52. The van der Waals surface area contributed by atoms with Crippen LogP contribution in [0.25, 0.3) is 6.08 Å². The van der Waals surface area contributed by atoms with Gasteiger partial charge in [0.05, 0.1) is 17.8 Å². The SMILES string of the molecule is Cc1noc(C)c1CN(C(=O)/C=C/c1ccc(C(F)(F)F)cc1)c1ccccc1. The standard InChI is InChI=1S/C22H19F3N2O2/c1-15-20(16(2)29-26-15)14-27(19-6-4-3-5-7-19)21(28)13-10-17-8-11-18(12-9-17)22(23,24)25/h3-13H,14H2,1-2H3/b13-10+. The Kier molecular flexibility index (Phi) is 5.87. The van der Waals surface area contributed by atoms with Gasteiger partial charge in [-0.15, -0.1) is 0 Å². The third-order valence-electron chi connectivity index (χ3n) is 4.49. The van der Waals surface area contributed by atoms with Crippen LogP contribution in [0.1, 0.15) is 28.1 Å². The second kappa shape index (κ2) is 8.34. The number of aryl methyl sites for hydroxylation is 2. The predicted octanol–water partition coefficient (Wildman–Crippen LogP) is 5.56. The molecule has 1 amide bonds. The third kappa shape index (κ3) is 4.93. The Hall–Kier alpha value is -3.35. The Morgan fingerprint density at radius 3 is 2.28 bits per heavy atom. The van der Waals surface area contributed by atoms with Crippen LogP contribution in [0.3, 0.4) is 0 Å². The maximum Gasteiger partial charge on any atom is 0.416 e. The number of carbonyl (C=O) groups is 1. The monoisotopic (exact) mass is 400 g/mol. The van der Waals surface area contributed by atoms with Gasteiger partial charge in [0.25, 0.3) is 5.91 Å². The van der Waals surface area contributed by atoms with E-state index < -0.39 is 11.7 Å². The van der Waals surface area contributed by atoms with Gasteiger partial charge in [-0.25, -0.2) is 0 Å². The van der Waals surface area contributed by atoms with Crippen molar-refractivity contribution in [3.05, 3.63) is 88.8 Å². The summed E-state index contributed by atoms with van der Waals surface area (Å²) in [6, 6.07) is 13.7. The average molecular weight is 400 g/mol. The van der Waals surface area contributed by atoms with Crippen molar-refractivity contribution in [2.24, 2.45) is 0 Å². The number of rotatable bonds is 5. The Labute approximate surface area is 166 Å². The van der Waals surface area contributed by atoms with Gasteiger partial charge in [-0.3, -0.25) is 4.79 Å². The van der Waals surface area contributed by atoms with Gasteiger partial charge in [0, 0.05) is 17.3 Å². The zero-order chi connectivity index (χ0) is 21.0. The first-order valence-corrected chi connectivity index (χ1v) is 8.89. The molecule has 0 fully saturated rings. The number of hydrogen-bond acceptors (Lipinski definition) is 3. The van der Waals surface area contributed by atoms with Crippen molar-refractivity contribution in [2.75, 3.05) is 4.90 Å². The molecule has 0 aliphatic rings. The highest BCUT2D eigenvalue weighted by atomic mass is 19.4. The highest BCUT2D eigenvalue weighted by molar-refractivity contribution is 6.03. The minimum atomic E-state index is -4.39. The molecule has 3 rings (SSSR count). The Bertz CT molecular complexity index is 987. The van der Waals surface area contributed by atoms with E-state index in [1.165, 1.54) is 24.3 Å². The molecule has 1 aromatic heterocycles. The summed E-state index contributed by atoms with van der Waals surface area (Å²) >= 11 is 0. The van der Waals surface area contributed by atoms with Gasteiger partial charge >= 0.3 is 6.18 Å². The molecule has 0 saturated carbocycles. The lowest BCUT2D eigenvalue weighted by Crippen LogP contribution is -2.29. The molecule has 0 saturated heterocycles. The van der Waals surface area contributed by atoms with Gasteiger partial charge in [-0.1, -0.05) is 35.5 Å². The lowest BCUT2D eigenvalue weighted by Gasteiger charge is -2.21. The van der Waals surface area contributed by atoms with E-state index in [9.17, 15) is 18.0 Å². The predicted molar refractivity (Wildman–Crippen MR) is 104 cm³/mol. The van der Waals surface area contributed by atoms with Crippen molar-refractivity contribution in [1.82, 2.24) is 5.16 Å². The van der Waals surface area contributed by atoms with E-state index >= 15 is 0 Å². The van der Waals surface area contributed by atoms with E-state index in [1.54, 1.807) is 18.7 Å². The van der Waals surface area contributed by atoms with Gasteiger partial charge in [-0.2, -0.15) is 13.2 Å². The van der Waals surface area contributed by atoms with Crippen molar-refractivity contribution >= 4 is 17.7 Å². The lowest BCUT2D eigenvalue weighted by molar-refractivity contribution is -0.137. The minimum Gasteiger partial charge on any atom is -0.361 e. The quantitative estimate of drug-likeness (QED) is 0.527. The zero-order valence-electron chi connectivity index (χ0n) is 15.9. The fourth-order valence-electron chi connectivity index (χ4n) is 2.83. The number of carbonyl (C=O) groups excluding carboxylic acids is 1. The van der Waals surface area contributed by atoms with Crippen molar-refractivity contribution in [1.29, 1.82) is 0 Å². The molecule has 29 heavy (non-hydrogen) atoms. The number of alkyl halides is 3. The number of nitrogens with zero attached hydrogens (tertiary/aromatic N) is 2. The summed E-state index contributed by atoms with van der Waals surface area (Å²) in [6.45, 7) is 3.85. The summed E-state index contributed by atoms with van der Waals surface area (Å²) in [4.78, 5) is 14.5. The van der Waals surface area contributed by atoms with Crippen molar-refractivity contribution in [2.45, 2.75) is 26.6 Å². The van der Waals surface area contributed by atoms with E-state index in [-0.39, 0.29) is 12.5 Å². The maximum atomic E-state index is 12.9. The van der Waals surface area contributed by atoms with Gasteiger partial charge in [-0.05, 0) is 49.8 Å². The minimum absolute atomic E-state index is 0.265. The van der Waals surface area contributed by atoms with Crippen LogP contribution < -0.4 is 4.90 Å². The normalized spacial score (nSPS) is 11.8. The number of aromatic nitrogens is 1. The highest BCUT2D eigenvalue weighted by Crippen LogP contribution is 2.29. The first-order valence-electron chi connectivity index (χ1n) is 8.89. The number of hydrogen-bond donors (Lipinski definition) is 0. The molecule has 0 atom stereocenters. The topological polar surface area (TPSA) is 46.3 Å². The van der Waals surface area contributed by atoms with E-state index in [4.69, 9.17) is 4.52 Å². The molecule has 0 aliphatic heterocycles. The van der Waals surface area contributed by atoms with Gasteiger partial charge in [0.1, 0.15) is 5.76 Å². The van der Waals surface area contributed by atoms with Gasteiger partial charge in [0.15, 0.2) is 0 Å².